The summed E-state index contributed by atoms with van der Waals surface area (Å²) < 4.78 is 18.7. The van der Waals surface area contributed by atoms with Gasteiger partial charge in [0.2, 0.25) is 0 Å². The minimum atomic E-state index is -0.735. The second kappa shape index (κ2) is 5.00. The van der Waals surface area contributed by atoms with Crippen LogP contribution in [0, 0.1) is 19.7 Å². The van der Waals surface area contributed by atoms with Crippen molar-refractivity contribution in [2.45, 2.75) is 33.2 Å². The maximum Gasteiger partial charge on any atom is 0.123 e. The lowest BCUT2D eigenvalue weighted by molar-refractivity contribution is 0.134. The Morgan fingerprint density at radius 2 is 1.70 bits per heavy atom. The molecule has 0 fully saturated rings. The zero-order valence-electron chi connectivity index (χ0n) is 11.6. The van der Waals surface area contributed by atoms with Crippen LogP contribution in [-0.2, 0) is 18.0 Å². The fraction of sp³-hybridized carbons (Fsp3) is 0.294. The molecule has 2 aromatic carbocycles. The molecule has 0 radical (unpaired) electrons. The van der Waals surface area contributed by atoms with Crippen molar-refractivity contribution in [3.8, 4) is 0 Å². The predicted molar refractivity (Wildman–Crippen MR) is 74.9 cm³/mol. The molecule has 0 bridgehead atoms. The molecule has 104 valence electrons. The average molecular weight is 272 g/mol. The van der Waals surface area contributed by atoms with Gasteiger partial charge in [-0.15, -0.1) is 0 Å². The summed E-state index contributed by atoms with van der Waals surface area (Å²) in [6.07, 6.45) is -0.735. The first-order chi connectivity index (χ1) is 9.56. The van der Waals surface area contributed by atoms with E-state index in [4.69, 9.17) is 4.74 Å². The second-order valence-electron chi connectivity index (χ2n) is 5.38. The SMILES string of the molecule is Cc1cc(F)cc(C)c1C(O)c1ccc2c(c1)COC2. The first-order valence-corrected chi connectivity index (χ1v) is 6.70. The zero-order chi connectivity index (χ0) is 14.3. The summed E-state index contributed by atoms with van der Waals surface area (Å²) in [5, 5.41) is 10.6. The van der Waals surface area contributed by atoms with Crippen molar-refractivity contribution in [1.82, 2.24) is 0 Å². The molecule has 1 heterocycles. The van der Waals surface area contributed by atoms with Crippen LogP contribution in [-0.4, -0.2) is 5.11 Å². The quantitative estimate of drug-likeness (QED) is 0.906. The van der Waals surface area contributed by atoms with E-state index in [1.54, 1.807) is 0 Å². The molecular weight excluding hydrogens is 255 g/mol. The van der Waals surface area contributed by atoms with Crippen LogP contribution in [0.1, 0.15) is 39.5 Å². The van der Waals surface area contributed by atoms with E-state index < -0.39 is 6.10 Å². The van der Waals surface area contributed by atoms with E-state index in [2.05, 4.69) is 0 Å². The topological polar surface area (TPSA) is 29.5 Å². The lowest BCUT2D eigenvalue weighted by atomic mass is 9.92. The van der Waals surface area contributed by atoms with Gasteiger partial charge < -0.3 is 9.84 Å². The lowest BCUT2D eigenvalue weighted by Gasteiger charge is -2.18. The summed E-state index contributed by atoms with van der Waals surface area (Å²) >= 11 is 0. The molecule has 1 N–H and O–H groups in total. The fourth-order valence-corrected chi connectivity index (χ4v) is 2.88. The van der Waals surface area contributed by atoms with E-state index >= 15 is 0 Å². The highest BCUT2D eigenvalue weighted by Crippen LogP contribution is 2.31. The van der Waals surface area contributed by atoms with E-state index in [0.717, 1.165) is 27.8 Å². The number of halogens is 1. The number of aryl methyl sites for hydroxylation is 2. The fourth-order valence-electron chi connectivity index (χ4n) is 2.88. The maximum atomic E-state index is 13.4. The van der Waals surface area contributed by atoms with Crippen LogP contribution in [0.5, 0.6) is 0 Å². The number of hydrogen-bond donors (Lipinski definition) is 1. The van der Waals surface area contributed by atoms with E-state index in [1.807, 2.05) is 32.0 Å². The average Bonchev–Trinajstić information content (AvgIpc) is 2.84. The Hall–Kier alpha value is -1.71. The van der Waals surface area contributed by atoms with Gasteiger partial charge in [-0.05, 0) is 59.4 Å². The van der Waals surface area contributed by atoms with Crippen LogP contribution in [0.15, 0.2) is 30.3 Å². The molecule has 3 rings (SSSR count). The van der Waals surface area contributed by atoms with Crippen LogP contribution >= 0.6 is 0 Å². The van der Waals surface area contributed by atoms with Gasteiger partial charge in [-0.1, -0.05) is 18.2 Å². The van der Waals surface area contributed by atoms with Crippen LogP contribution in [0.3, 0.4) is 0 Å². The van der Waals surface area contributed by atoms with Gasteiger partial charge in [0.05, 0.1) is 13.2 Å². The highest BCUT2D eigenvalue weighted by Gasteiger charge is 2.19. The molecule has 1 aliphatic heterocycles. The molecule has 20 heavy (non-hydrogen) atoms. The molecule has 1 atom stereocenters. The van der Waals surface area contributed by atoms with Crippen LogP contribution in [0.2, 0.25) is 0 Å². The number of aliphatic hydroxyl groups is 1. The Bertz CT molecular complexity index is 641. The number of hydrogen-bond acceptors (Lipinski definition) is 2. The van der Waals surface area contributed by atoms with E-state index in [0.29, 0.717) is 13.2 Å². The minimum absolute atomic E-state index is 0.265. The number of ether oxygens (including phenoxy) is 1. The Morgan fingerprint density at radius 3 is 2.40 bits per heavy atom. The Labute approximate surface area is 117 Å². The molecule has 2 aromatic rings. The van der Waals surface area contributed by atoms with E-state index in [9.17, 15) is 9.50 Å². The molecular formula is C17H17FO2. The summed E-state index contributed by atoms with van der Waals surface area (Å²) in [5.74, 6) is -0.265. The monoisotopic (exact) mass is 272 g/mol. The third kappa shape index (κ3) is 2.23. The predicted octanol–water partition coefficient (Wildman–Crippen LogP) is 3.55. The van der Waals surface area contributed by atoms with Gasteiger partial charge in [0, 0.05) is 0 Å². The van der Waals surface area contributed by atoms with Crippen molar-refractivity contribution in [3.63, 3.8) is 0 Å². The van der Waals surface area contributed by atoms with Gasteiger partial charge in [-0.3, -0.25) is 0 Å². The summed E-state index contributed by atoms with van der Waals surface area (Å²) in [6, 6.07) is 8.81. The molecule has 0 aliphatic carbocycles. The van der Waals surface area contributed by atoms with Gasteiger partial charge in [0.1, 0.15) is 11.9 Å². The van der Waals surface area contributed by atoms with E-state index in [-0.39, 0.29) is 5.82 Å². The van der Waals surface area contributed by atoms with Crippen molar-refractivity contribution in [2.24, 2.45) is 0 Å². The highest BCUT2D eigenvalue weighted by molar-refractivity contribution is 5.43. The minimum Gasteiger partial charge on any atom is -0.384 e. The summed E-state index contributed by atoms with van der Waals surface area (Å²) in [4.78, 5) is 0. The van der Waals surface area contributed by atoms with Crippen molar-refractivity contribution < 1.29 is 14.2 Å². The van der Waals surface area contributed by atoms with E-state index in [1.165, 1.54) is 17.7 Å². The third-order valence-electron chi connectivity index (χ3n) is 3.89. The molecule has 1 aliphatic rings. The molecule has 0 amide bonds. The van der Waals surface area contributed by atoms with Gasteiger partial charge in [0.15, 0.2) is 0 Å². The normalized spacial score (nSPS) is 15.2. The molecule has 1 unspecified atom stereocenters. The number of benzene rings is 2. The van der Waals surface area contributed by atoms with Crippen LogP contribution in [0.25, 0.3) is 0 Å². The Kier molecular flexibility index (Phi) is 3.32. The summed E-state index contributed by atoms with van der Waals surface area (Å²) in [5.41, 5.74) is 5.45. The second-order valence-corrected chi connectivity index (χ2v) is 5.38. The smallest absolute Gasteiger partial charge is 0.123 e. The Morgan fingerprint density at radius 1 is 1.05 bits per heavy atom. The van der Waals surface area contributed by atoms with Crippen LogP contribution < -0.4 is 0 Å². The number of aliphatic hydroxyl groups excluding tert-OH is 1. The van der Waals surface area contributed by atoms with Crippen molar-refractivity contribution >= 4 is 0 Å². The van der Waals surface area contributed by atoms with Crippen molar-refractivity contribution in [2.75, 3.05) is 0 Å². The van der Waals surface area contributed by atoms with Gasteiger partial charge in [-0.2, -0.15) is 0 Å². The summed E-state index contributed by atoms with van der Waals surface area (Å²) in [7, 11) is 0. The van der Waals surface area contributed by atoms with Gasteiger partial charge >= 0.3 is 0 Å². The van der Waals surface area contributed by atoms with Gasteiger partial charge in [0.25, 0.3) is 0 Å². The Balaban J connectivity index is 2.03. The lowest BCUT2D eigenvalue weighted by Crippen LogP contribution is -2.06. The number of rotatable bonds is 2. The molecule has 0 saturated carbocycles. The number of fused-ring (bicyclic) bond motifs is 1. The summed E-state index contributed by atoms with van der Waals surface area (Å²) in [6.45, 7) is 4.88. The highest BCUT2D eigenvalue weighted by atomic mass is 19.1. The molecule has 3 heteroatoms. The largest absolute Gasteiger partial charge is 0.384 e. The third-order valence-corrected chi connectivity index (χ3v) is 3.89. The first kappa shape index (κ1) is 13.3. The molecule has 0 aromatic heterocycles. The molecule has 2 nitrogen and oxygen atoms in total. The first-order valence-electron chi connectivity index (χ1n) is 6.70. The zero-order valence-corrected chi connectivity index (χ0v) is 11.6. The maximum absolute atomic E-state index is 13.4. The van der Waals surface area contributed by atoms with Gasteiger partial charge in [-0.25, -0.2) is 4.39 Å². The standard InChI is InChI=1S/C17H17FO2/c1-10-5-15(18)6-11(2)16(10)17(19)12-3-4-13-8-20-9-14(13)7-12/h3-7,17,19H,8-9H2,1-2H3. The molecule has 0 spiro atoms. The van der Waals surface area contributed by atoms with Crippen molar-refractivity contribution in [1.29, 1.82) is 0 Å². The van der Waals surface area contributed by atoms with Crippen LogP contribution in [0.4, 0.5) is 4.39 Å². The van der Waals surface area contributed by atoms with Crippen molar-refractivity contribution in [3.05, 3.63) is 69.5 Å². The molecule has 0 saturated heterocycles.